The van der Waals surface area contributed by atoms with Gasteiger partial charge in [-0.1, -0.05) is 23.7 Å². The van der Waals surface area contributed by atoms with Crippen LogP contribution >= 0.6 is 24.0 Å². The van der Waals surface area contributed by atoms with Gasteiger partial charge in [0.15, 0.2) is 9.84 Å². The molecule has 9 heteroatoms. The predicted octanol–water partition coefficient (Wildman–Crippen LogP) is 5.02. The topological polar surface area (TPSA) is 72.3 Å². The zero-order valence-electron chi connectivity index (χ0n) is 19.0. The number of hydrogen-bond donors (Lipinski definition) is 0. The average molecular weight is 522 g/mol. The van der Waals surface area contributed by atoms with Crippen molar-refractivity contribution in [2.75, 3.05) is 18.8 Å². The van der Waals surface area contributed by atoms with Crippen molar-refractivity contribution in [3.8, 4) is 0 Å². The van der Waals surface area contributed by atoms with Crippen molar-refractivity contribution >= 4 is 50.5 Å². The second-order valence-electron chi connectivity index (χ2n) is 9.09. The highest BCUT2D eigenvalue weighted by atomic mass is 35.5. The molecule has 34 heavy (non-hydrogen) atoms. The van der Waals surface area contributed by atoms with Gasteiger partial charge in [0.2, 0.25) is 5.91 Å². The lowest BCUT2D eigenvalue weighted by Gasteiger charge is -2.33. The average Bonchev–Trinajstić information content (AvgIpc) is 3.26. The van der Waals surface area contributed by atoms with Gasteiger partial charge in [-0.25, -0.2) is 13.4 Å². The van der Waals surface area contributed by atoms with Gasteiger partial charge >= 0.3 is 0 Å². The van der Waals surface area contributed by atoms with E-state index in [0.29, 0.717) is 24.0 Å². The Morgan fingerprint density at radius 2 is 1.76 bits per heavy atom. The van der Waals surface area contributed by atoms with E-state index in [0.717, 1.165) is 36.6 Å². The van der Waals surface area contributed by atoms with E-state index in [-0.39, 0.29) is 35.4 Å². The Morgan fingerprint density at radius 1 is 1.03 bits per heavy atom. The lowest BCUT2D eigenvalue weighted by atomic mass is 9.93. The number of halogens is 2. The summed E-state index contributed by atoms with van der Waals surface area (Å²) < 4.78 is 28.1. The number of fused-ring (bicyclic) bond motifs is 2. The molecule has 0 bridgehead atoms. The predicted molar refractivity (Wildman–Crippen MR) is 137 cm³/mol. The first kappa shape index (κ1) is 25.0. The molecule has 0 atom stereocenters. The first-order chi connectivity index (χ1) is 15.9. The smallest absolute Gasteiger partial charge is 0.223 e. The number of carbonyl (C=O) groups excluding carboxylic acids is 1. The fourth-order valence-electron chi connectivity index (χ4n) is 5.08. The molecule has 0 aliphatic carbocycles. The van der Waals surface area contributed by atoms with Gasteiger partial charge in [-0.3, -0.25) is 4.79 Å². The van der Waals surface area contributed by atoms with E-state index >= 15 is 0 Å². The van der Waals surface area contributed by atoms with Gasteiger partial charge in [0, 0.05) is 55.3 Å². The van der Waals surface area contributed by atoms with E-state index in [4.69, 9.17) is 11.6 Å². The zero-order valence-corrected chi connectivity index (χ0v) is 21.3. The SMILES string of the molecule is Cl.O=C(CCS(=O)(=O)c1ccc2cc(Cl)ccc2c1)N1CCC(c2cnc3n2CCCC3)CC1. The van der Waals surface area contributed by atoms with Crippen molar-refractivity contribution in [3.63, 3.8) is 0 Å². The minimum atomic E-state index is -3.54. The highest BCUT2D eigenvalue weighted by Crippen LogP contribution is 2.31. The van der Waals surface area contributed by atoms with Crippen LogP contribution in [0.5, 0.6) is 0 Å². The third-order valence-corrected chi connectivity index (χ3v) is 8.93. The number of nitrogens with zero attached hydrogens (tertiary/aromatic N) is 3. The van der Waals surface area contributed by atoms with Gasteiger partial charge in [-0.15, -0.1) is 12.4 Å². The van der Waals surface area contributed by atoms with Crippen LogP contribution in [-0.4, -0.2) is 47.6 Å². The number of amides is 1. The Labute approximate surface area is 211 Å². The van der Waals surface area contributed by atoms with E-state index in [9.17, 15) is 13.2 Å². The maximum Gasteiger partial charge on any atom is 0.223 e. The summed E-state index contributed by atoms with van der Waals surface area (Å²) in [7, 11) is -3.54. The van der Waals surface area contributed by atoms with Gasteiger partial charge in [-0.05, 0) is 60.7 Å². The van der Waals surface area contributed by atoms with Gasteiger partial charge in [0.25, 0.3) is 0 Å². The summed E-state index contributed by atoms with van der Waals surface area (Å²) in [5.74, 6) is 1.35. The molecule has 182 valence electrons. The molecule has 1 amide bonds. The molecule has 2 aliphatic rings. The maximum atomic E-state index is 12.9. The Hall–Kier alpha value is -2.09. The molecule has 0 saturated carbocycles. The third-order valence-electron chi connectivity index (χ3n) is 6.98. The molecule has 6 nitrogen and oxygen atoms in total. The maximum absolute atomic E-state index is 12.9. The minimum absolute atomic E-state index is 0. The Bertz CT molecular complexity index is 1300. The van der Waals surface area contributed by atoms with Crippen LogP contribution in [0, 0.1) is 0 Å². The summed E-state index contributed by atoms with van der Waals surface area (Å²) in [4.78, 5) is 19.5. The second-order valence-corrected chi connectivity index (χ2v) is 11.6. The zero-order chi connectivity index (χ0) is 23.0. The number of aromatic nitrogens is 2. The van der Waals surface area contributed by atoms with E-state index in [1.807, 2.05) is 17.2 Å². The first-order valence-electron chi connectivity index (χ1n) is 11.6. The number of aryl methyl sites for hydroxylation is 1. The highest BCUT2D eigenvalue weighted by Gasteiger charge is 2.28. The minimum Gasteiger partial charge on any atom is -0.343 e. The Kier molecular flexibility index (Phi) is 7.55. The van der Waals surface area contributed by atoms with Gasteiger partial charge in [0.05, 0.1) is 10.6 Å². The molecule has 0 radical (unpaired) electrons. The lowest BCUT2D eigenvalue weighted by Crippen LogP contribution is -2.39. The molecule has 5 rings (SSSR count). The van der Waals surface area contributed by atoms with Crippen LogP contribution in [0.1, 0.15) is 49.5 Å². The number of likely N-dealkylation sites (tertiary alicyclic amines) is 1. The second kappa shape index (κ2) is 10.3. The summed E-state index contributed by atoms with van der Waals surface area (Å²) in [6.07, 6.45) is 7.29. The van der Waals surface area contributed by atoms with Gasteiger partial charge in [-0.2, -0.15) is 0 Å². The monoisotopic (exact) mass is 521 g/mol. The molecule has 3 heterocycles. The normalized spacial score (nSPS) is 16.8. The van der Waals surface area contributed by atoms with Crippen LogP contribution in [-0.2, 0) is 27.6 Å². The molecule has 0 N–H and O–H groups in total. The molecule has 3 aromatic rings. The van der Waals surface area contributed by atoms with Gasteiger partial charge < -0.3 is 9.47 Å². The molecular weight excluding hydrogens is 493 g/mol. The third kappa shape index (κ3) is 5.11. The van der Waals surface area contributed by atoms with Crippen molar-refractivity contribution in [1.82, 2.24) is 14.5 Å². The largest absolute Gasteiger partial charge is 0.343 e. The molecular formula is C25H29Cl2N3O3S. The van der Waals surface area contributed by atoms with Crippen molar-refractivity contribution < 1.29 is 13.2 Å². The summed E-state index contributed by atoms with van der Waals surface area (Å²) in [6, 6.07) is 10.4. The van der Waals surface area contributed by atoms with Crippen LogP contribution in [0.25, 0.3) is 10.8 Å². The molecule has 0 unspecified atom stereocenters. The van der Waals surface area contributed by atoms with Crippen molar-refractivity contribution in [2.24, 2.45) is 0 Å². The molecule has 2 aromatic carbocycles. The highest BCUT2D eigenvalue weighted by molar-refractivity contribution is 7.91. The Balaban J connectivity index is 0.00000274. The Morgan fingerprint density at radius 3 is 2.56 bits per heavy atom. The van der Waals surface area contributed by atoms with E-state index < -0.39 is 9.84 Å². The summed E-state index contributed by atoms with van der Waals surface area (Å²) in [6.45, 7) is 2.38. The summed E-state index contributed by atoms with van der Waals surface area (Å²) in [5, 5.41) is 2.32. The lowest BCUT2D eigenvalue weighted by molar-refractivity contribution is -0.131. The van der Waals surface area contributed by atoms with Crippen molar-refractivity contribution in [2.45, 2.75) is 55.9 Å². The van der Waals surface area contributed by atoms with E-state index in [1.54, 1.807) is 30.3 Å². The van der Waals surface area contributed by atoms with Crippen LogP contribution in [0.4, 0.5) is 0 Å². The number of sulfone groups is 1. The van der Waals surface area contributed by atoms with Crippen LogP contribution in [0.2, 0.25) is 5.02 Å². The number of rotatable bonds is 5. The first-order valence-corrected chi connectivity index (χ1v) is 13.7. The number of piperidine rings is 1. The standard InChI is InChI=1S/C25H28ClN3O3S.ClH/c26-21-6-4-20-16-22(7-5-19(20)15-21)33(31,32)14-10-25(30)28-12-8-18(9-13-28)23-17-27-24-3-1-2-11-29(23)24;/h4-7,15-18H,1-3,8-14H2;1H. The van der Waals surface area contributed by atoms with Gasteiger partial charge in [0.1, 0.15) is 5.82 Å². The van der Waals surface area contributed by atoms with E-state index in [2.05, 4.69) is 9.55 Å². The van der Waals surface area contributed by atoms with E-state index in [1.165, 1.54) is 24.4 Å². The number of benzene rings is 2. The van der Waals surface area contributed by atoms with Crippen LogP contribution < -0.4 is 0 Å². The summed E-state index contributed by atoms with van der Waals surface area (Å²) in [5.41, 5.74) is 1.30. The van der Waals surface area contributed by atoms with Crippen molar-refractivity contribution in [3.05, 3.63) is 59.1 Å². The number of imidazole rings is 1. The fraction of sp³-hybridized carbons (Fsp3) is 0.440. The van der Waals surface area contributed by atoms with Crippen LogP contribution in [0.15, 0.2) is 47.5 Å². The number of carbonyl (C=O) groups is 1. The van der Waals surface area contributed by atoms with Crippen LogP contribution in [0.3, 0.4) is 0 Å². The molecule has 0 spiro atoms. The summed E-state index contributed by atoms with van der Waals surface area (Å²) >= 11 is 6.01. The molecule has 1 saturated heterocycles. The number of hydrogen-bond acceptors (Lipinski definition) is 4. The molecule has 1 aromatic heterocycles. The molecule has 1 fully saturated rings. The quantitative estimate of drug-likeness (QED) is 0.472. The van der Waals surface area contributed by atoms with Crippen molar-refractivity contribution in [1.29, 1.82) is 0 Å². The fourth-order valence-corrected chi connectivity index (χ4v) is 6.52. The molecule has 2 aliphatic heterocycles.